The standard InChI is InChI=1S/C17H23N7/c1-2-8-24-17(19-20-21-24)14-22-9-10-23(16(11-18)13-22)12-15-6-4-3-5-7-15/h3-7,16H,2,8-10,12-14H2,1H3. The van der Waals surface area contributed by atoms with Gasteiger partial charge in [0.25, 0.3) is 0 Å². The van der Waals surface area contributed by atoms with Gasteiger partial charge in [0.2, 0.25) is 0 Å². The van der Waals surface area contributed by atoms with Crippen LogP contribution in [0.25, 0.3) is 0 Å². The highest BCUT2D eigenvalue weighted by atomic mass is 15.5. The fourth-order valence-electron chi connectivity index (χ4n) is 3.07. The summed E-state index contributed by atoms with van der Waals surface area (Å²) >= 11 is 0. The minimum Gasteiger partial charge on any atom is -0.292 e. The first-order chi connectivity index (χ1) is 11.8. The molecule has 24 heavy (non-hydrogen) atoms. The molecule has 0 radical (unpaired) electrons. The third kappa shape index (κ3) is 3.96. The first kappa shape index (κ1) is 16.6. The summed E-state index contributed by atoms with van der Waals surface area (Å²) in [6.45, 7) is 6.98. The zero-order chi connectivity index (χ0) is 16.8. The first-order valence-electron chi connectivity index (χ1n) is 8.45. The number of aryl methyl sites for hydroxylation is 1. The van der Waals surface area contributed by atoms with Crippen LogP contribution in [0.4, 0.5) is 0 Å². The number of nitriles is 1. The van der Waals surface area contributed by atoms with Crippen LogP contribution < -0.4 is 0 Å². The molecule has 1 aromatic heterocycles. The topological polar surface area (TPSA) is 73.9 Å². The molecule has 126 valence electrons. The van der Waals surface area contributed by atoms with Crippen LogP contribution in [0.3, 0.4) is 0 Å². The van der Waals surface area contributed by atoms with E-state index < -0.39 is 0 Å². The minimum absolute atomic E-state index is 0.102. The molecule has 1 saturated heterocycles. The lowest BCUT2D eigenvalue weighted by Gasteiger charge is -2.38. The van der Waals surface area contributed by atoms with Gasteiger partial charge in [-0.15, -0.1) is 5.10 Å². The number of hydrogen-bond donors (Lipinski definition) is 0. The van der Waals surface area contributed by atoms with E-state index in [1.54, 1.807) is 0 Å². The number of aromatic nitrogens is 4. The number of piperazine rings is 1. The molecule has 1 aliphatic heterocycles. The van der Waals surface area contributed by atoms with Gasteiger partial charge in [0.05, 0.1) is 12.6 Å². The molecule has 0 aliphatic carbocycles. The maximum absolute atomic E-state index is 9.56. The predicted molar refractivity (Wildman–Crippen MR) is 89.6 cm³/mol. The average Bonchev–Trinajstić information content (AvgIpc) is 3.04. The van der Waals surface area contributed by atoms with Crippen LogP contribution in [0.5, 0.6) is 0 Å². The van der Waals surface area contributed by atoms with Crippen molar-refractivity contribution in [3.8, 4) is 6.07 Å². The minimum atomic E-state index is -0.102. The number of hydrogen-bond acceptors (Lipinski definition) is 6. The summed E-state index contributed by atoms with van der Waals surface area (Å²) < 4.78 is 1.86. The van der Waals surface area contributed by atoms with Crippen LogP contribution >= 0.6 is 0 Å². The maximum atomic E-state index is 9.56. The highest BCUT2D eigenvalue weighted by Crippen LogP contribution is 2.15. The Morgan fingerprint density at radius 3 is 2.79 bits per heavy atom. The van der Waals surface area contributed by atoms with Crippen molar-refractivity contribution < 1.29 is 0 Å². The quantitative estimate of drug-likeness (QED) is 0.797. The van der Waals surface area contributed by atoms with Gasteiger partial charge in [0, 0.05) is 32.7 Å². The van der Waals surface area contributed by atoms with E-state index in [9.17, 15) is 5.26 Å². The molecule has 1 atom stereocenters. The Labute approximate surface area is 142 Å². The van der Waals surface area contributed by atoms with Crippen LogP contribution in [0.2, 0.25) is 0 Å². The molecule has 2 aromatic rings. The third-order valence-corrected chi connectivity index (χ3v) is 4.36. The summed E-state index contributed by atoms with van der Waals surface area (Å²) in [7, 11) is 0. The van der Waals surface area contributed by atoms with Gasteiger partial charge in [0.1, 0.15) is 6.04 Å². The summed E-state index contributed by atoms with van der Waals surface area (Å²) in [5, 5.41) is 21.5. The van der Waals surface area contributed by atoms with E-state index in [0.29, 0.717) is 6.54 Å². The van der Waals surface area contributed by atoms with Crippen molar-refractivity contribution in [1.29, 1.82) is 5.26 Å². The van der Waals surface area contributed by atoms with E-state index in [1.807, 2.05) is 22.9 Å². The van der Waals surface area contributed by atoms with E-state index in [1.165, 1.54) is 5.56 Å². The van der Waals surface area contributed by atoms with E-state index in [-0.39, 0.29) is 6.04 Å². The predicted octanol–water partition coefficient (Wildman–Crippen LogP) is 1.29. The maximum Gasteiger partial charge on any atom is 0.165 e. The summed E-state index contributed by atoms with van der Waals surface area (Å²) in [5.41, 5.74) is 1.25. The summed E-state index contributed by atoms with van der Waals surface area (Å²) in [4.78, 5) is 4.52. The SMILES string of the molecule is CCCn1nnnc1CN1CCN(Cc2ccccc2)C(C#N)C1. The lowest BCUT2D eigenvalue weighted by atomic mass is 10.1. The molecule has 0 N–H and O–H groups in total. The molecule has 0 saturated carbocycles. The van der Waals surface area contributed by atoms with Gasteiger partial charge in [-0.2, -0.15) is 5.26 Å². The van der Waals surface area contributed by atoms with Crippen LogP contribution in [0, 0.1) is 11.3 Å². The molecule has 1 unspecified atom stereocenters. The molecule has 0 bridgehead atoms. The molecule has 1 aromatic carbocycles. The van der Waals surface area contributed by atoms with Gasteiger partial charge in [-0.1, -0.05) is 37.3 Å². The van der Waals surface area contributed by atoms with E-state index >= 15 is 0 Å². The van der Waals surface area contributed by atoms with Crippen molar-refractivity contribution >= 4 is 0 Å². The molecule has 2 heterocycles. The van der Waals surface area contributed by atoms with Crippen molar-refractivity contribution in [2.45, 2.75) is 39.0 Å². The number of benzene rings is 1. The summed E-state index contributed by atoms with van der Waals surface area (Å²) in [5.74, 6) is 0.880. The van der Waals surface area contributed by atoms with Gasteiger partial charge >= 0.3 is 0 Å². The summed E-state index contributed by atoms with van der Waals surface area (Å²) in [6.07, 6.45) is 1.00. The van der Waals surface area contributed by atoms with Gasteiger partial charge in [-0.3, -0.25) is 9.80 Å². The van der Waals surface area contributed by atoms with Gasteiger partial charge < -0.3 is 0 Å². The van der Waals surface area contributed by atoms with Crippen LogP contribution in [-0.4, -0.2) is 55.7 Å². The van der Waals surface area contributed by atoms with Crippen LogP contribution in [-0.2, 0) is 19.6 Å². The Morgan fingerprint density at radius 1 is 1.21 bits per heavy atom. The Balaban J connectivity index is 1.60. The Morgan fingerprint density at radius 2 is 2.04 bits per heavy atom. The zero-order valence-corrected chi connectivity index (χ0v) is 14.0. The first-order valence-corrected chi connectivity index (χ1v) is 8.45. The van der Waals surface area contributed by atoms with Crippen molar-refractivity contribution in [3.63, 3.8) is 0 Å². The second-order valence-corrected chi connectivity index (χ2v) is 6.15. The van der Waals surface area contributed by atoms with Crippen LogP contribution in [0.15, 0.2) is 30.3 Å². The second kappa shape index (κ2) is 7.99. The van der Waals surface area contributed by atoms with Crippen molar-refractivity contribution in [2.75, 3.05) is 19.6 Å². The third-order valence-electron chi connectivity index (χ3n) is 4.36. The number of tetrazole rings is 1. The normalized spacial score (nSPS) is 19.2. The van der Waals surface area contributed by atoms with Gasteiger partial charge in [0.15, 0.2) is 5.82 Å². The number of nitrogens with zero attached hydrogens (tertiary/aromatic N) is 7. The van der Waals surface area contributed by atoms with E-state index in [0.717, 1.165) is 45.0 Å². The van der Waals surface area contributed by atoms with Gasteiger partial charge in [-0.05, 0) is 22.4 Å². The van der Waals surface area contributed by atoms with Crippen molar-refractivity contribution in [3.05, 3.63) is 41.7 Å². The van der Waals surface area contributed by atoms with Crippen molar-refractivity contribution in [2.24, 2.45) is 0 Å². The summed E-state index contributed by atoms with van der Waals surface area (Å²) in [6, 6.07) is 12.7. The molecule has 0 amide bonds. The van der Waals surface area contributed by atoms with E-state index in [4.69, 9.17) is 0 Å². The molecule has 1 aliphatic rings. The Bertz CT molecular complexity index is 676. The van der Waals surface area contributed by atoms with E-state index in [2.05, 4.69) is 50.5 Å². The molecule has 1 fully saturated rings. The Hall–Kier alpha value is -2.30. The highest BCUT2D eigenvalue weighted by Gasteiger charge is 2.27. The fraction of sp³-hybridized carbons (Fsp3) is 0.529. The molecule has 0 spiro atoms. The number of rotatable bonds is 6. The molecular weight excluding hydrogens is 302 g/mol. The van der Waals surface area contributed by atoms with Crippen LogP contribution in [0.1, 0.15) is 24.7 Å². The molecule has 3 rings (SSSR count). The zero-order valence-electron chi connectivity index (χ0n) is 14.0. The molecular formula is C17H23N7. The second-order valence-electron chi connectivity index (χ2n) is 6.15. The Kier molecular flexibility index (Phi) is 5.51. The highest BCUT2D eigenvalue weighted by molar-refractivity contribution is 5.15. The smallest absolute Gasteiger partial charge is 0.165 e. The lowest BCUT2D eigenvalue weighted by Crippen LogP contribution is -2.51. The fourth-order valence-corrected chi connectivity index (χ4v) is 3.07. The molecule has 7 heteroatoms. The van der Waals surface area contributed by atoms with Gasteiger partial charge in [-0.25, -0.2) is 4.68 Å². The average molecular weight is 325 g/mol. The van der Waals surface area contributed by atoms with Crippen molar-refractivity contribution in [1.82, 2.24) is 30.0 Å². The largest absolute Gasteiger partial charge is 0.292 e. The lowest BCUT2D eigenvalue weighted by molar-refractivity contribution is 0.0874. The monoisotopic (exact) mass is 325 g/mol. The molecule has 7 nitrogen and oxygen atoms in total.